The zero-order valence-electron chi connectivity index (χ0n) is 10.4. The van der Waals surface area contributed by atoms with E-state index in [1.54, 1.807) is 4.90 Å². The lowest BCUT2D eigenvalue weighted by molar-refractivity contribution is -0.127. The van der Waals surface area contributed by atoms with Crippen molar-refractivity contribution in [1.82, 2.24) is 4.90 Å². The highest BCUT2D eigenvalue weighted by Crippen LogP contribution is 2.27. The number of benzene rings is 1. The van der Waals surface area contributed by atoms with Gasteiger partial charge in [0.1, 0.15) is 6.04 Å². The quantitative estimate of drug-likeness (QED) is 0.801. The van der Waals surface area contributed by atoms with Gasteiger partial charge in [-0.05, 0) is 25.5 Å². The number of para-hydroxylation sites is 2. The van der Waals surface area contributed by atoms with Gasteiger partial charge < -0.3 is 15.5 Å². The fraction of sp³-hybridized carbons (Fsp3) is 0.462. The molecule has 2 rings (SSSR count). The topological polar surface area (TPSA) is 49.6 Å². The van der Waals surface area contributed by atoms with Gasteiger partial charge in [0.2, 0.25) is 5.91 Å². The van der Waals surface area contributed by atoms with E-state index in [2.05, 4.69) is 11.8 Å². The molecule has 1 aliphatic heterocycles. The predicted octanol–water partition coefficient (Wildman–Crippen LogP) is 1.33. The summed E-state index contributed by atoms with van der Waals surface area (Å²) in [6.07, 6.45) is 0.873. The van der Waals surface area contributed by atoms with E-state index in [0.717, 1.165) is 30.9 Å². The molecule has 1 aromatic carbocycles. The number of nitrogens with zero attached hydrogens (tertiary/aromatic N) is 2. The minimum absolute atomic E-state index is 0.0605. The normalized spacial score (nSPS) is 19.8. The molecule has 1 atom stereocenters. The van der Waals surface area contributed by atoms with Crippen LogP contribution < -0.4 is 10.6 Å². The van der Waals surface area contributed by atoms with Crippen molar-refractivity contribution in [2.45, 2.75) is 19.4 Å². The summed E-state index contributed by atoms with van der Waals surface area (Å²) in [6.45, 7) is 3.67. The number of anilines is 2. The Morgan fingerprint density at radius 2 is 2.18 bits per heavy atom. The van der Waals surface area contributed by atoms with Gasteiger partial charge in [-0.2, -0.15) is 0 Å². The highest BCUT2D eigenvalue weighted by atomic mass is 16.2. The number of hydrogen-bond donors (Lipinski definition) is 1. The highest BCUT2D eigenvalue weighted by Gasteiger charge is 2.33. The molecule has 0 spiro atoms. The fourth-order valence-corrected chi connectivity index (χ4v) is 2.40. The smallest absolute Gasteiger partial charge is 0.245 e. The second-order valence-corrected chi connectivity index (χ2v) is 4.41. The summed E-state index contributed by atoms with van der Waals surface area (Å²) < 4.78 is 0. The average molecular weight is 233 g/mol. The van der Waals surface area contributed by atoms with Crippen molar-refractivity contribution in [3.8, 4) is 0 Å². The first-order valence-corrected chi connectivity index (χ1v) is 6.01. The second-order valence-electron chi connectivity index (χ2n) is 4.41. The molecule has 1 unspecified atom stereocenters. The van der Waals surface area contributed by atoms with Gasteiger partial charge in [-0.15, -0.1) is 0 Å². The molecular formula is C13H19N3O. The number of nitrogens with two attached hydrogens (primary N) is 1. The number of carbonyl (C=O) groups excluding carboxylic acids is 1. The van der Waals surface area contributed by atoms with Gasteiger partial charge in [-0.3, -0.25) is 4.79 Å². The average Bonchev–Trinajstić information content (AvgIpc) is 2.65. The van der Waals surface area contributed by atoms with E-state index in [0.29, 0.717) is 0 Å². The Morgan fingerprint density at radius 3 is 2.71 bits per heavy atom. The molecule has 4 heteroatoms. The van der Waals surface area contributed by atoms with Crippen LogP contribution in [0.4, 0.5) is 11.4 Å². The summed E-state index contributed by atoms with van der Waals surface area (Å²) in [7, 11) is 1.85. The minimum atomic E-state index is -0.0605. The second kappa shape index (κ2) is 4.65. The lowest BCUT2D eigenvalue weighted by atomic mass is 10.1. The third kappa shape index (κ3) is 2.07. The van der Waals surface area contributed by atoms with Crippen LogP contribution in [0.25, 0.3) is 0 Å². The number of amides is 1. The Morgan fingerprint density at radius 1 is 1.47 bits per heavy atom. The molecule has 1 amide bonds. The lowest BCUT2D eigenvalue weighted by Crippen LogP contribution is -2.41. The molecule has 0 radical (unpaired) electrons. The number of likely N-dealkylation sites (tertiary alicyclic amines) is 1. The molecule has 1 aliphatic rings. The van der Waals surface area contributed by atoms with E-state index in [1.165, 1.54) is 0 Å². The van der Waals surface area contributed by atoms with E-state index in [4.69, 9.17) is 5.73 Å². The molecule has 0 bridgehead atoms. The van der Waals surface area contributed by atoms with Gasteiger partial charge >= 0.3 is 0 Å². The summed E-state index contributed by atoms with van der Waals surface area (Å²) in [5.41, 5.74) is 7.67. The zero-order valence-corrected chi connectivity index (χ0v) is 10.4. The van der Waals surface area contributed by atoms with E-state index in [1.807, 2.05) is 31.3 Å². The third-order valence-corrected chi connectivity index (χ3v) is 3.36. The van der Waals surface area contributed by atoms with Crippen molar-refractivity contribution < 1.29 is 4.79 Å². The number of nitrogen functional groups attached to an aromatic ring is 1. The first kappa shape index (κ1) is 11.8. The van der Waals surface area contributed by atoms with Gasteiger partial charge in [-0.1, -0.05) is 12.1 Å². The van der Waals surface area contributed by atoms with Gasteiger partial charge in [0.15, 0.2) is 0 Å². The van der Waals surface area contributed by atoms with E-state index in [9.17, 15) is 4.79 Å². The van der Waals surface area contributed by atoms with Crippen molar-refractivity contribution in [3.63, 3.8) is 0 Å². The molecule has 2 N–H and O–H groups in total. The van der Waals surface area contributed by atoms with Crippen LogP contribution in [-0.4, -0.2) is 37.0 Å². The van der Waals surface area contributed by atoms with Crippen molar-refractivity contribution in [2.75, 3.05) is 30.8 Å². The molecule has 1 aromatic rings. The van der Waals surface area contributed by atoms with Crippen LogP contribution in [0.3, 0.4) is 0 Å². The Kier molecular flexibility index (Phi) is 3.22. The van der Waals surface area contributed by atoms with Crippen molar-refractivity contribution in [3.05, 3.63) is 24.3 Å². The first-order valence-electron chi connectivity index (χ1n) is 6.01. The predicted molar refractivity (Wildman–Crippen MR) is 69.9 cm³/mol. The highest BCUT2D eigenvalue weighted by molar-refractivity contribution is 5.88. The number of rotatable bonds is 3. The molecule has 4 nitrogen and oxygen atoms in total. The summed E-state index contributed by atoms with van der Waals surface area (Å²) in [5.74, 6) is 0.190. The van der Waals surface area contributed by atoms with Crippen LogP contribution >= 0.6 is 0 Å². The van der Waals surface area contributed by atoms with E-state index < -0.39 is 0 Å². The van der Waals surface area contributed by atoms with Crippen LogP contribution in [-0.2, 0) is 4.79 Å². The van der Waals surface area contributed by atoms with Gasteiger partial charge in [0.25, 0.3) is 0 Å². The Bertz CT molecular complexity index is 419. The zero-order chi connectivity index (χ0) is 12.4. The Hall–Kier alpha value is -1.71. The van der Waals surface area contributed by atoms with Crippen LogP contribution in [0.5, 0.6) is 0 Å². The fourth-order valence-electron chi connectivity index (χ4n) is 2.40. The maximum atomic E-state index is 12.0. The molecule has 1 fully saturated rings. The SMILES string of the molecule is CCN(c1ccccc1N)C1CCN(C)C1=O. The molecule has 0 aromatic heterocycles. The van der Waals surface area contributed by atoms with Gasteiger partial charge in [-0.25, -0.2) is 0 Å². The summed E-state index contributed by atoms with van der Waals surface area (Å²) in [5, 5.41) is 0. The minimum Gasteiger partial charge on any atom is -0.397 e. The van der Waals surface area contributed by atoms with Crippen LogP contribution in [0.1, 0.15) is 13.3 Å². The molecule has 1 saturated heterocycles. The number of likely N-dealkylation sites (N-methyl/N-ethyl adjacent to an activating group) is 2. The largest absolute Gasteiger partial charge is 0.397 e. The molecule has 1 heterocycles. The van der Waals surface area contributed by atoms with Gasteiger partial charge in [0.05, 0.1) is 11.4 Å². The first-order chi connectivity index (χ1) is 8.15. The lowest BCUT2D eigenvalue weighted by Gasteiger charge is -2.29. The number of hydrogen-bond acceptors (Lipinski definition) is 3. The molecule has 92 valence electrons. The molecule has 17 heavy (non-hydrogen) atoms. The monoisotopic (exact) mass is 233 g/mol. The third-order valence-electron chi connectivity index (χ3n) is 3.36. The molecule has 0 saturated carbocycles. The van der Waals surface area contributed by atoms with Crippen molar-refractivity contribution in [2.24, 2.45) is 0 Å². The summed E-state index contributed by atoms with van der Waals surface area (Å²) in [6, 6.07) is 7.66. The van der Waals surface area contributed by atoms with Crippen LogP contribution in [0.15, 0.2) is 24.3 Å². The van der Waals surface area contributed by atoms with Gasteiger partial charge in [0, 0.05) is 20.1 Å². The van der Waals surface area contributed by atoms with E-state index in [-0.39, 0.29) is 11.9 Å². The maximum absolute atomic E-state index is 12.0. The Labute approximate surface area is 102 Å². The maximum Gasteiger partial charge on any atom is 0.245 e. The standard InChI is InChI=1S/C13H19N3O/c1-3-16(11-7-5-4-6-10(11)14)12-8-9-15(2)13(12)17/h4-7,12H,3,8-9,14H2,1-2H3. The molecule has 0 aliphatic carbocycles. The van der Waals surface area contributed by atoms with Crippen molar-refractivity contribution >= 4 is 17.3 Å². The molecular weight excluding hydrogens is 214 g/mol. The van der Waals surface area contributed by atoms with Crippen molar-refractivity contribution in [1.29, 1.82) is 0 Å². The Balaban J connectivity index is 2.29. The van der Waals surface area contributed by atoms with Crippen LogP contribution in [0, 0.1) is 0 Å². The summed E-state index contributed by atoms with van der Waals surface area (Å²) >= 11 is 0. The summed E-state index contributed by atoms with van der Waals surface area (Å²) in [4.78, 5) is 15.9. The number of carbonyl (C=O) groups is 1. The van der Waals surface area contributed by atoms with Crippen LogP contribution in [0.2, 0.25) is 0 Å². The van der Waals surface area contributed by atoms with E-state index >= 15 is 0 Å².